The van der Waals surface area contributed by atoms with Gasteiger partial charge in [0, 0.05) is 19.3 Å². The van der Waals surface area contributed by atoms with Gasteiger partial charge < -0.3 is 14.2 Å². The van der Waals surface area contributed by atoms with Gasteiger partial charge in [-0.25, -0.2) is 0 Å². The maximum Gasteiger partial charge on any atom is 0.306 e. The number of hydrogen-bond acceptors (Lipinski definition) is 6. The zero-order chi connectivity index (χ0) is 52.9. The van der Waals surface area contributed by atoms with Crippen LogP contribution in [0.3, 0.4) is 0 Å². The molecular formula is C67H114O6. The fraction of sp³-hybridized carbons (Fsp3) is 0.716. The van der Waals surface area contributed by atoms with Crippen molar-refractivity contribution in [1.29, 1.82) is 0 Å². The number of rotatable bonds is 55. The van der Waals surface area contributed by atoms with Crippen LogP contribution in [0, 0.1) is 0 Å². The first-order valence-electron chi connectivity index (χ1n) is 30.7. The maximum atomic E-state index is 12.9. The van der Waals surface area contributed by atoms with Crippen molar-refractivity contribution in [3.8, 4) is 0 Å². The van der Waals surface area contributed by atoms with Crippen molar-refractivity contribution in [3.63, 3.8) is 0 Å². The van der Waals surface area contributed by atoms with Crippen LogP contribution in [-0.2, 0) is 28.6 Å². The van der Waals surface area contributed by atoms with E-state index in [9.17, 15) is 14.4 Å². The van der Waals surface area contributed by atoms with Crippen LogP contribution in [0.25, 0.3) is 0 Å². The molecule has 1 unspecified atom stereocenters. The molecule has 0 N–H and O–H groups in total. The molecule has 0 heterocycles. The van der Waals surface area contributed by atoms with Crippen molar-refractivity contribution >= 4 is 17.9 Å². The van der Waals surface area contributed by atoms with E-state index in [1.165, 1.54) is 141 Å². The van der Waals surface area contributed by atoms with Gasteiger partial charge in [-0.1, -0.05) is 285 Å². The molecule has 0 radical (unpaired) electrons. The van der Waals surface area contributed by atoms with Gasteiger partial charge in [0.05, 0.1) is 0 Å². The highest BCUT2D eigenvalue weighted by Gasteiger charge is 2.19. The van der Waals surface area contributed by atoms with Crippen molar-refractivity contribution in [2.75, 3.05) is 13.2 Å². The molecule has 6 heteroatoms. The fourth-order valence-corrected chi connectivity index (χ4v) is 8.52. The highest BCUT2D eigenvalue weighted by molar-refractivity contribution is 5.71. The van der Waals surface area contributed by atoms with E-state index in [0.29, 0.717) is 19.3 Å². The highest BCUT2D eigenvalue weighted by Crippen LogP contribution is 2.16. The summed E-state index contributed by atoms with van der Waals surface area (Å²) in [6.45, 7) is 6.51. The normalized spacial score (nSPS) is 12.8. The SMILES string of the molecule is CC/C=C\C/C=C\C/C=C\C/C=C\C/C=C\C/C=C\C/C=C\C/C=C\CCCCC(=O)OCC(COC(=O)CCCCCCCCCCCCCC)OC(=O)CCCCCCCCCCCCCCCCCC. The fourth-order valence-electron chi connectivity index (χ4n) is 8.52. The van der Waals surface area contributed by atoms with Crippen LogP contribution in [0.5, 0.6) is 0 Å². The molecule has 0 aromatic heterocycles. The topological polar surface area (TPSA) is 78.9 Å². The van der Waals surface area contributed by atoms with Gasteiger partial charge in [0.2, 0.25) is 0 Å². The lowest BCUT2D eigenvalue weighted by atomic mass is 10.0. The van der Waals surface area contributed by atoms with Gasteiger partial charge in [0.15, 0.2) is 6.10 Å². The minimum absolute atomic E-state index is 0.0876. The molecule has 0 saturated carbocycles. The molecule has 6 nitrogen and oxygen atoms in total. The average Bonchev–Trinajstić information content (AvgIpc) is 3.39. The summed E-state index contributed by atoms with van der Waals surface area (Å²) in [6.07, 6.45) is 81.2. The standard InChI is InChI=1S/C67H114O6/c1-4-7-10-13-16-19-22-25-27-29-30-31-32-33-34-35-36-37-38-39-41-42-45-48-51-54-57-60-66(69)72-63-64(62-71-65(68)59-56-53-50-47-44-24-21-18-15-12-9-6-3)73-67(70)61-58-55-52-49-46-43-40-28-26-23-20-17-14-11-8-5-2/h7,10,16,19,25,27,30-31,33-34,36-37,39,41,45,48,64H,4-6,8-9,11-15,17-18,20-24,26,28-29,32,35,38,40,42-44,46-47,49-63H2,1-3H3/b10-7-,19-16-,27-25-,31-30-,34-33-,37-36-,41-39-,48-45-. The van der Waals surface area contributed by atoms with Gasteiger partial charge in [-0.2, -0.15) is 0 Å². The van der Waals surface area contributed by atoms with E-state index in [4.69, 9.17) is 14.2 Å². The summed E-state index contributed by atoms with van der Waals surface area (Å²) in [6, 6.07) is 0. The molecule has 0 spiro atoms. The van der Waals surface area contributed by atoms with Crippen molar-refractivity contribution in [2.45, 2.75) is 297 Å². The molecule has 0 aromatic carbocycles. The van der Waals surface area contributed by atoms with E-state index in [2.05, 4.69) is 118 Å². The number of unbranched alkanes of at least 4 members (excludes halogenated alkanes) is 28. The van der Waals surface area contributed by atoms with E-state index in [1.807, 2.05) is 0 Å². The molecule has 0 rings (SSSR count). The Morgan fingerprint density at radius 3 is 0.836 bits per heavy atom. The van der Waals surface area contributed by atoms with Crippen LogP contribution >= 0.6 is 0 Å². The maximum absolute atomic E-state index is 12.9. The van der Waals surface area contributed by atoms with Gasteiger partial charge in [0.25, 0.3) is 0 Å². The third kappa shape index (κ3) is 59.1. The van der Waals surface area contributed by atoms with Crippen LogP contribution in [0.4, 0.5) is 0 Å². The van der Waals surface area contributed by atoms with E-state index in [1.54, 1.807) is 0 Å². The molecule has 0 fully saturated rings. The lowest BCUT2D eigenvalue weighted by molar-refractivity contribution is -0.167. The summed E-state index contributed by atoms with van der Waals surface area (Å²) in [7, 11) is 0. The number of allylic oxidation sites excluding steroid dienone is 16. The predicted octanol–water partition coefficient (Wildman–Crippen LogP) is 20.9. The molecule has 0 aromatic rings. The lowest BCUT2D eigenvalue weighted by Crippen LogP contribution is -2.30. The van der Waals surface area contributed by atoms with Gasteiger partial charge >= 0.3 is 17.9 Å². The lowest BCUT2D eigenvalue weighted by Gasteiger charge is -2.18. The first kappa shape index (κ1) is 69.3. The summed E-state index contributed by atoms with van der Waals surface area (Å²) in [5, 5.41) is 0. The second kappa shape index (κ2) is 60.9. The summed E-state index contributed by atoms with van der Waals surface area (Å²) in [5.41, 5.74) is 0. The minimum atomic E-state index is -0.793. The average molecular weight is 1020 g/mol. The van der Waals surface area contributed by atoms with Crippen LogP contribution < -0.4 is 0 Å². The molecule has 0 amide bonds. The van der Waals surface area contributed by atoms with Crippen molar-refractivity contribution in [2.24, 2.45) is 0 Å². The number of carbonyl (C=O) groups is 3. The van der Waals surface area contributed by atoms with Crippen LogP contribution in [-0.4, -0.2) is 37.2 Å². The summed E-state index contributed by atoms with van der Waals surface area (Å²) < 4.78 is 16.9. The Labute approximate surface area is 451 Å². The number of ether oxygens (including phenoxy) is 3. The number of hydrogen-bond donors (Lipinski definition) is 0. The monoisotopic (exact) mass is 1010 g/mol. The molecule has 0 aliphatic carbocycles. The highest BCUT2D eigenvalue weighted by atomic mass is 16.6. The molecule has 1 atom stereocenters. The Bertz CT molecular complexity index is 1440. The van der Waals surface area contributed by atoms with E-state index >= 15 is 0 Å². The molecule has 73 heavy (non-hydrogen) atoms. The Morgan fingerprint density at radius 2 is 0.534 bits per heavy atom. The quantitative estimate of drug-likeness (QED) is 0.0261. The molecule has 0 bridgehead atoms. The third-order valence-electron chi connectivity index (χ3n) is 13.1. The van der Waals surface area contributed by atoms with Gasteiger partial charge in [-0.05, 0) is 83.5 Å². The molecule has 0 saturated heterocycles. The van der Waals surface area contributed by atoms with Crippen LogP contribution in [0.2, 0.25) is 0 Å². The van der Waals surface area contributed by atoms with Gasteiger partial charge in [-0.3, -0.25) is 14.4 Å². The third-order valence-corrected chi connectivity index (χ3v) is 13.1. The largest absolute Gasteiger partial charge is 0.462 e. The van der Waals surface area contributed by atoms with E-state index < -0.39 is 6.10 Å². The van der Waals surface area contributed by atoms with Crippen LogP contribution in [0.1, 0.15) is 290 Å². The zero-order valence-corrected chi connectivity index (χ0v) is 47.9. The second-order valence-corrected chi connectivity index (χ2v) is 20.2. The summed E-state index contributed by atoms with van der Waals surface area (Å²) in [5.74, 6) is -0.924. The first-order valence-corrected chi connectivity index (χ1v) is 30.7. The second-order valence-electron chi connectivity index (χ2n) is 20.2. The van der Waals surface area contributed by atoms with Gasteiger partial charge in [0.1, 0.15) is 13.2 Å². The summed E-state index contributed by atoms with van der Waals surface area (Å²) in [4.78, 5) is 38.2. The van der Waals surface area contributed by atoms with Gasteiger partial charge in [-0.15, -0.1) is 0 Å². The molecule has 0 aliphatic rings. The molecule has 0 aliphatic heterocycles. The Morgan fingerprint density at radius 1 is 0.288 bits per heavy atom. The number of carbonyl (C=O) groups excluding carboxylic acids is 3. The Balaban J connectivity index is 4.39. The first-order chi connectivity index (χ1) is 36.0. The summed E-state index contributed by atoms with van der Waals surface area (Å²) >= 11 is 0. The Hall–Kier alpha value is -3.67. The van der Waals surface area contributed by atoms with Crippen LogP contribution in [0.15, 0.2) is 97.2 Å². The van der Waals surface area contributed by atoms with E-state index in [-0.39, 0.29) is 31.1 Å². The van der Waals surface area contributed by atoms with Crippen molar-refractivity contribution in [1.82, 2.24) is 0 Å². The van der Waals surface area contributed by atoms with Crippen molar-refractivity contribution < 1.29 is 28.6 Å². The molecule has 418 valence electrons. The van der Waals surface area contributed by atoms with E-state index in [0.717, 1.165) is 109 Å². The zero-order valence-electron chi connectivity index (χ0n) is 47.9. The number of esters is 3. The molecular weight excluding hydrogens is 901 g/mol. The minimum Gasteiger partial charge on any atom is -0.462 e. The Kier molecular flexibility index (Phi) is 57.8. The van der Waals surface area contributed by atoms with Crippen molar-refractivity contribution in [3.05, 3.63) is 97.2 Å². The predicted molar refractivity (Wildman–Crippen MR) is 316 cm³/mol. The smallest absolute Gasteiger partial charge is 0.306 e.